The first-order valence-electron chi connectivity index (χ1n) is 5.05. The fourth-order valence-corrected chi connectivity index (χ4v) is 1.56. The summed E-state index contributed by atoms with van der Waals surface area (Å²) in [7, 11) is 0. The number of rotatable bonds is 3. The van der Waals surface area contributed by atoms with Crippen LogP contribution in [0.4, 0.5) is 0 Å². The number of aliphatic hydroxyl groups excluding tert-OH is 1. The molecule has 16 heavy (non-hydrogen) atoms. The van der Waals surface area contributed by atoms with Gasteiger partial charge in [-0.3, -0.25) is 0 Å². The summed E-state index contributed by atoms with van der Waals surface area (Å²) in [6.45, 7) is 1.93. The van der Waals surface area contributed by atoms with Gasteiger partial charge in [0.25, 0.3) is 0 Å². The SMILES string of the molecule is CCOC(=O)C(O)c1coc2ccccc12. The molecule has 0 fully saturated rings. The van der Waals surface area contributed by atoms with Crippen LogP contribution in [0, 0.1) is 0 Å². The van der Waals surface area contributed by atoms with E-state index in [1.807, 2.05) is 12.1 Å². The number of aliphatic hydroxyl groups is 1. The molecule has 2 rings (SSSR count). The van der Waals surface area contributed by atoms with E-state index in [9.17, 15) is 9.90 Å². The molecule has 1 aromatic carbocycles. The summed E-state index contributed by atoms with van der Waals surface area (Å²) in [4.78, 5) is 11.4. The van der Waals surface area contributed by atoms with Crippen LogP contribution in [-0.2, 0) is 9.53 Å². The van der Waals surface area contributed by atoms with Gasteiger partial charge in [0, 0.05) is 10.9 Å². The fraction of sp³-hybridized carbons (Fsp3) is 0.250. The summed E-state index contributed by atoms with van der Waals surface area (Å²) in [5, 5.41) is 10.5. The lowest BCUT2D eigenvalue weighted by molar-refractivity contribution is -0.153. The van der Waals surface area contributed by atoms with Gasteiger partial charge in [-0.25, -0.2) is 4.79 Å². The Kier molecular flexibility index (Phi) is 2.92. The summed E-state index contributed by atoms with van der Waals surface area (Å²) in [6, 6.07) is 7.21. The normalized spacial score (nSPS) is 12.6. The summed E-state index contributed by atoms with van der Waals surface area (Å²) >= 11 is 0. The Labute approximate surface area is 92.4 Å². The number of fused-ring (bicyclic) bond motifs is 1. The highest BCUT2D eigenvalue weighted by Gasteiger charge is 2.22. The first-order valence-corrected chi connectivity index (χ1v) is 5.05. The standard InChI is InChI=1S/C12H12O4/c1-2-15-12(14)11(13)9-7-16-10-6-4-3-5-8(9)10/h3-7,11,13H,2H2,1H3. The highest BCUT2D eigenvalue weighted by molar-refractivity contribution is 5.87. The summed E-state index contributed by atoms with van der Waals surface area (Å²) in [5.41, 5.74) is 1.08. The number of benzene rings is 1. The lowest BCUT2D eigenvalue weighted by Gasteiger charge is -2.07. The van der Waals surface area contributed by atoms with Gasteiger partial charge in [-0.15, -0.1) is 0 Å². The van der Waals surface area contributed by atoms with Crippen molar-refractivity contribution in [3.8, 4) is 0 Å². The number of hydrogen-bond acceptors (Lipinski definition) is 4. The first-order chi connectivity index (χ1) is 7.74. The molecule has 0 radical (unpaired) electrons. The van der Waals surface area contributed by atoms with E-state index >= 15 is 0 Å². The molecule has 0 spiro atoms. The quantitative estimate of drug-likeness (QED) is 0.804. The molecule has 1 atom stereocenters. The molecule has 0 aliphatic heterocycles. The molecule has 0 aliphatic rings. The van der Waals surface area contributed by atoms with E-state index in [-0.39, 0.29) is 6.61 Å². The van der Waals surface area contributed by atoms with Gasteiger partial charge in [-0.2, -0.15) is 0 Å². The number of ether oxygens (including phenoxy) is 1. The number of hydrogen-bond donors (Lipinski definition) is 1. The highest BCUT2D eigenvalue weighted by Crippen LogP contribution is 2.26. The Balaban J connectivity index is 2.36. The third-order valence-corrected chi connectivity index (χ3v) is 2.32. The Bertz CT molecular complexity index is 500. The second-order valence-electron chi connectivity index (χ2n) is 3.34. The van der Waals surface area contributed by atoms with E-state index in [4.69, 9.17) is 9.15 Å². The van der Waals surface area contributed by atoms with Crippen LogP contribution < -0.4 is 0 Å². The second-order valence-corrected chi connectivity index (χ2v) is 3.34. The molecule has 0 aliphatic carbocycles. The molecule has 2 aromatic rings. The van der Waals surface area contributed by atoms with Crippen LogP contribution in [0.3, 0.4) is 0 Å². The van der Waals surface area contributed by atoms with E-state index in [1.165, 1.54) is 6.26 Å². The van der Waals surface area contributed by atoms with Crippen LogP contribution in [-0.4, -0.2) is 17.7 Å². The maximum Gasteiger partial charge on any atom is 0.339 e. The zero-order valence-corrected chi connectivity index (χ0v) is 8.84. The van der Waals surface area contributed by atoms with Gasteiger partial charge in [0.1, 0.15) is 5.58 Å². The first kappa shape index (κ1) is 10.7. The summed E-state index contributed by atoms with van der Waals surface area (Å²) in [5.74, 6) is -0.658. The molecular weight excluding hydrogens is 208 g/mol. The predicted molar refractivity (Wildman–Crippen MR) is 57.8 cm³/mol. The van der Waals surface area contributed by atoms with Crippen molar-refractivity contribution in [1.29, 1.82) is 0 Å². The fourth-order valence-electron chi connectivity index (χ4n) is 1.56. The average molecular weight is 220 g/mol. The topological polar surface area (TPSA) is 59.7 Å². The molecule has 1 unspecified atom stereocenters. The van der Waals surface area contributed by atoms with Crippen LogP contribution >= 0.6 is 0 Å². The van der Waals surface area contributed by atoms with Crippen LogP contribution in [0.2, 0.25) is 0 Å². The van der Waals surface area contributed by atoms with E-state index < -0.39 is 12.1 Å². The minimum absolute atomic E-state index is 0.242. The molecule has 0 saturated heterocycles. The van der Waals surface area contributed by atoms with Crippen molar-refractivity contribution < 1.29 is 19.1 Å². The zero-order chi connectivity index (χ0) is 11.5. The molecule has 1 heterocycles. The van der Waals surface area contributed by atoms with Crippen molar-refractivity contribution in [2.75, 3.05) is 6.61 Å². The van der Waals surface area contributed by atoms with Gasteiger partial charge < -0.3 is 14.3 Å². The maximum atomic E-state index is 11.4. The largest absolute Gasteiger partial charge is 0.464 e. The van der Waals surface area contributed by atoms with Crippen LogP contribution in [0.25, 0.3) is 11.0 Å². The van der Waals surface area contributed by atoms with Gasteiger partial charge in [-0.05, 0) is 13.0 Å². The summed E-state index contributed by atoms with van der Waals surface area (Å²) < 4.78 is 9.98. The number of para-hydroxylation sites is 1. The zero-order valence-electron chi connectivity index (χ0n) is 8.84. The smallest absolute Gasteiger partial charge is 0.339 e. The van der Waals surface area contributed by atoms with Crippen molar-refractivity contribution in [2.45, 2.75) is 13.0 Å². The lowest BCUT2D eigenvalue weighted by atomic mass is 10.1. The molecule has 84 valence electrons. The predicted octanol–water partition coefficient (Wildman–Crippen LogP) is 2.03. The molecule has 0 amide bonds. The summed E-state index contributed by atoms with van der Waals surface area (Å²) in [6.07, 6.45) is 0.0929. The Morgan fingerprint density at radius 3 is 3.00 bits per heavy atom. The number of carbonyl (C=O) groups excluding carboxylic acids is 1. The number of carbonyl (C=O) groups is 1. The average Bonchev–Trinajstić information content (AvgIpc) is 2.72. The van der Waals surface area contributed by atoms with E-state index in [0.29, 0.717) is 11.1 Å². The Morgan fingerprint density at radius 1 is 1.50 bits per heavy atom. The molecule has 4 nitrogen and oxygen atoms in total. The van der Waals surface area contributed by atoms with Crippen molar-refractivity contribution >= 4 is 16.9 Å². The molecule has 0 bridgehead atoms. The van der Waals surface area contributed by atoms with Crippen molar-refractivity contribution in [1.82, 2.24) is 0 Å². The van der Waals surface area contributed by atoms with Gasteiger partial charge in [0.2, 0.25) is 0 Å². The monoisotopic (exact) mass is 220 g/mol. The maximum absolute atomic E-state index is 11.4. The number of esters is 1. The van der Waals surface area contributed by atoms with Crippen molar-refractivity contribution in [3.05, 3.63) is 36.1 Å². The Morgan fingerprint density at radius 2 is 2.25 bits per heavy atom. The number of furan rings is 1. The Hall–Kier alpha value is -1.81. The van der Waals surface area contributed by atoms with Crippen LogP contribution in [0.15, 0.2) is 34.9 Å². The molecule has 4 heteroatoms. The highest BCUT2D eigenvalue weighted by atomic mass is 16.5. The van der Waals surface area contributed by atoms with E-state index in [1.54, 1.807) is 19.1 Å². The van der Waals surface area contributed by atoms with Crippen molar-refractivity contribution in [2.24, 2.45) is 0 Å². The molecular formula is C12H12O4. The minimum Gasteiger partial charge on any atom is -0.464 e. The molecule has 1 N–H and O–H groups in total. The van der Waals surface area contributed by atoms with Gasteiger partial charge in [0.15, 0.2) is 6.10 Å². The third-order valence-electron chi connectivity index (χ3n) is 2.32. The van der Waals surface area contributed by atoms with Gasteiger partial charge in [0.05, 0.1) is 12.9 Å². The van der Waals surface area contributed by atoms with Crippen LogP contribution in [0.5, 0.6) is 0 Å². The van der Waals surface area contributed by atoms with Crippen molar-refractivity contribution in [3.63, 3.8) is 0 Å². The lowest BCUT2D eigenvalue weighted by Crippen LogP contribution is -2.14. The third kappa shape index (κ3) is 1.79. The molecule has 1 aromatic heterocycles. The van der Waals surface area contributed by atoms with E-state index in [2.05, 4.69) is 0 Å². The van der Waals surface area contributed by atoms with Crippen LogP contribution in [0.1, 0.15) is 18.6 Å². The van der Waals surface area contributed by atoms with E-state index in [0.717, 1.165) is 5.39 Å². The second kappa shape index (κ2) is 4.37. The molecule has 0 saturated carbocycles. The van der Waals surface area contributed by atoms with Gasteiger partial charge >= 0.3 is 5.97 Å². The van der Waals surface area contributed by atoms with Gasteiger partial charge in [-0.1, -0.05) is 18.2 Å². The minimum atomic E-state index is -1.29.